The minimum Gasteiger partial charge on any atom is -0.343 e. The second-order valence-corrected chi connectivity index (χ2v) is 10.2. The van der Waals surface area contributed by atoms with Gasteiger partial charge >= 0.3 is 0 Å². The van der Waals surface area contributed by atoms with Crippen molar-refractivity contribution in [1.82, 2.24) is 4.90 Å². The van der Waals surface area contributed by atoms with E-state index in [9.17, 15) is 0 Å². The molecule has 180 valence electrons. The fourth-order valence-corrected chi connectivity index (χ4v) is 5.59. The van der Waals surface area contributed by atoms with Crippen LogP contribution in [0.25, 0.3) is 5.57 Å². The molecule has 0 aromatic heterocycles. The first-order chi connectivity index (χ1) is 17.5. The van der Waals surface area contributed by atoms with Gasteiger partial charge in [-0.3, -0.25) is 4.99 Å². The lowest BCUT2D eigenvalue weighted by atomic mass is 9.83. The highest BCUT2D eigenvalue weighted by Crippen LogP contribution is 2.44. The van der Waals surface area contributed by atoms with Gasteiger partial charge in [-0.25, -0.2) is 0 Å². The van der Waals surface area contributed by atoms with E-state index in [1.54, 1.807) is 0 Å². The minimum absolute atomic E-state index is 0.0212. The maximum Gasteiger partial charge on any atom is 0.127 e. The molecule has 0 aliphatic carbocycles. The average Bonchev–Trinajstić information content (AvgIpc) is 3.17. The molecule has 1 aliphatic rings. The van der Waals surface area contributed by atoms with Gasteiger partial charge in [-0.2, -0.15) is 0 Å². The van der Waals surface area contributed by atoms with E-state index in [1.807, 2.05) is 0 Å². The maximum atomic E-state index is 5.51. The van der Waals surface area contributed by atoms with Gasteiger partial charge in [0.05, 0.1) is 17.3 Å². The van der Waals surface area contributed by atoms with Crippen molar-refractivity contribution >= 4 is 11.3 Å². The summed E-state index contributed by atoms with van der Waals surface area (Å²) in [7, 11) is 0. The predicted molar refractivity (Wildman–Crippen MR) is 152 cm³/mol. The molecule has 0 saturated heterocycles. The van der Waals surface area contributed by atoms with Gasteiger partial charge < -0.3 is 4.90 Å². The maximum absolute atomic E-state index is 5.51. The highest BCUT2D eigenvalue weighted by atomic mass is 15.4. The Hall–Kier alpha value is -3.91. The second kappa shape index (κ2) is 9.99. The van der Waals surface area contributed by atoms with Crippen molar-refractivity contribution in [3.63, 3.8) is 0 Å². The van der Waals surface area contributed by atoms with Gasteiger partial charge in [-0.15, -0.1) is 0 Å². The van der Waals surface area contributed by atoms with E-state index in [2.05, 4.69) is 154 Å². The van der Waals surface area contributed by atoms with Crippen molar-refractivity contribution in [2.75, 3.05) is 0 Å². The number of benzene rings is 4. The summed E-state index contributed by atoms with van der Waals surface area (Å²) in [5, 5.41) is 0. The molecule has 1 aliphatic heterocycles. The van der Waals surface area contributed by atoms with Gasteiger partial charge in [0.2, 0.25) is 0 Å². The quantitative estimate of drug-likeness (QED) is 0.277. The first-order valence-electron chi connectivity index (χ1n) is 12.8. The third-order valence-corrected chi connectivity index (χ3v) is 6.88. The number of aliphatic imine (C=N–C) groups is 1. The largest absolute Gasteiger partial charge is 0.343 e. The zero-order chi connectivity index (χ0) is 25.1. The lowest BCUT2D eigenvalue weighted by Gasteiger charge is -2.38. The van der Waals surface area contributed by atoms with E-state index >= 15 is 0 Å². The lowest BCUT2D eigenvalue weighted by molar-refractivity contribution is 0.162. The molecule has 0 fully saturated rings. The van der Waals surface area contributed by atoms with Crippen LogP contribution in [0.5, 0.6) is 0 Å². The van der Waals surface area contributed by atoms with Crippen LogP contribution in [0.3, 0.4) is 0 Å². The molecule has 0 saturated carbocycles. The van der Waals surface area contributed by atoms with Crippen molar-refractivity contribution in [3.05, 3.63) is 149 Å². The van der Waals surface area contributed by atoms with Gasteiger partial charge in [0.25, 0.3) is 0 Å². The number of allylic oxidation sites excluding steroid dienone is 1. The molecule has 36 heavy (non-hydrogen) atoms. The molecule has 5 rings (SSSR count). The van der Waals surface area contributed by atoms with Gasteiger partial charge in [0.15, 0.2) is 0 Å². The van der Waals surface area contributed by atoms with Crippen LogP contribution < -0.4 is 0 Å². The molecule has 0 amide bonds. The first kappa shape index (κ1) is 23.8. The van der Waals surface area contributed by atoms with E-state index in [-0.39, 0.29) is 17.6 Å². The molecule has 0 atom stereocenters. The summed E-state index contributed by atoms with van der Waals surface area (Å²) in [6.45, 7) is 9.02. The van der Waals surface area contributed by atoms with Crippen molar-refractivity contribution in [1.29, 1.82) is 0 Å². The summed E-state index contributed by atoms with van der Waals surface area (Å²) >= 11 is 0. The number of nitrogens with zero attached hydrogens (tertiary/aromatic N) is 2. The van der Waals surface area contributed by atoms with Gasteiger partial charge in [0, 0.05) is 11.6 Å². The Labute approximate surface area is 215 Å². The Morgan fingerprint density at radius 2 is 1.00 bits per heavy atom. The normalized spacial score (nSPS) is 14.9. The molecule has 4 aromatic rings. The summed E-state index contributed by atoms with van der Waals surface area (Å²) in [4.78, 5) is 8.02. The lowest BCUT2D eigenvalue weighted by Crippen LogP contribution is -2.43. The molecule has 0 unspecified atom stereocenters. The smallest absolute Gasteiger partial charge is 0.127 e. The molecule has 4 aromatic carbocycles. The zero-order valence-corrected chi connectivity index (χ0v) is 21.6. The van der Waals surface area contributed by atoms with E-state index < -0.39 is 0 Å². The molecular formula is C34H34N2. The Morgan fingerprint density at radius 1 is 0.611 bits per heavy atom. The van der Waals surface area contributed by atoms with Crippen molar-refractivity contribution in [3.8, 4) is 0 Å². The number of hydrogen-bond acceptors (Lipinski definition) is 2. The van der Waals surface area contributed by atoms with Crippen LogP contribution in [0, 0.1) is 0 Å². The summed E-state index contributed by atoms with van der Waals surface area (Å²) in [5.74, 6) is 0.0212. The fourth-order valence-electron chi connectivity index (χ4n) is 5.59. The van der Waals surface area contributed by atoms with Crippen LogP contribution in [-0.4, -0.2) is 22.3 Å². The van der Waals surface area contributed by atoms with Crippen LogP contribution in [0.4, 0.5) is 0 Å². The van der Waals surface area contributed by atoms with Crippen molar-refractivity contribution < 1.29 is 0 Å². The third-order valence-electron chi connectivity index (χ3n) is 6.88. The highest BCUT2D eigenvalue weighted by Gasteiger charge is 2.43. The molecular weight excluding hydrogens is 436 g/mol. The predicted octanol–water partition coefficient (Wildman–Crippen LogP) is 8.18. The molecule has 2 heteroatoms. The summed E-state index contributed by atoms with van der Waals surface area (Å²) in [5.41, 5.74) is 8.09. The molecule has 0 bridgehead atoms. The number of hydrogen-bond donors (Lipinski definition) is 0. The first-order valence-corrected chi connectivity index (χ1v) is 12.8. The molecule has 2 nitrogen and oxygen atoms in total. The van der Waals surface area contributed by atoms with E-state index in [0.29, 0.717) is 0 Å². The van der Waals surface area contributed by atoms with Crippen LogP contribution in [-0.2, 0) is 0 Å². The Bertz CT molecular complexity index is 1270. The highest BCUT2D eigenvalue weighted by molar-refractivity contribution is 6.14. The second-order valence-electron chi connectivity index (χ2n) is 10.2. The van der Waals surface area contributed by atoms with Crippen molar-refractivity contribution in [2.24, 2.45) is 4.99 Å². The van der Waals surface area contributed by atoms with E-state index in [1.165, 1.54) is 33.5 Å². The average molecular weight is 471 g/mol. The van der Waals surface area contributed by atoms with Crippen LogP contribution in [0.1, 0.15) is 55.9 Å². The van der Waals surface area contributed by atoms with Gasteiger partial charge in [0.1, 0.15) is 5.66 Å². The molecule has 0 radical (unpaired) electrons. The summed E-state index contributed by atoms with van der Waals surface area (Å²) in [6.07, 6.45) is 0. The van der Waals surface area contributed by atoms with E-state index in [0.717, 1.165) is 5.71 Å². The van der Waals surface area contributed by atoms with Crippen LogP contribution in [0.15, 0.2) is 132 Å². The Balaban J connectivity index is 1.87. The van der Waals surface area contributed by atoms with E-state index in [4.69, 9.17) is 4.99 Å². The zero-order valence-electron chi connectivity index (χ0n) is 21.6. The topological polar surface area (TPSA) is 15.6 Å². The number of rotatable bonds is 6. The standard InChI is InChI=1S/C34H34N2/c1-25(2)36-33(31(28-21-13-7-14-22-28)29-23-15-8-16-24-29)32(35-34(36,3)4)30(26-17-9-5-10-18-26)27-19-11-6-12-20-27/h5-25,30H,1-4H3. The summed E-state index contributed by atoms with van der Waals surface area (Å²) in [6, 6.07) is 43.4. The molecule has 0 N–H and O–H groups in total. The molecule has 1 heterocycles. The summed E-state index contributed by atoms with van der Waals surface area (Å²) < 4.78 is 0. The fraction of sp³-hybridized carbons (Fsp3) is 0.206. The Morgan fingerprint density at radius 3 is 1.39 bits per heavy atom. The van der Waals surface area contributed by atoms with Crippen molar-refractivity contribution in [2.45, 2.75) is 45.3 Å². The molecule has 0 spiro atoms. The van der Waals surface area contributed by atoms with Crippen LogP contribution >= 0.6 is 0 Å². The minimum atomic E-state index is -0.380. The van der Waals surface area contributed by atoms with Gasteiger partial charge in [-0.1, -0.05) is 121 Å². The van der Waals surface area contributed by atoms with Gasteiger partial charge in [-0.05, 0) is 49.9 Å². The monoisotopic (exact) mass is 470 g/mol. The SMILES string of the molecule is CC(C)N1C(=C(c2ccccc2)c2ccccc2)C(C(c2ccccc2)c2ccccc2)=NC1(C)C. The third kappa shape index (κ3) is 4.52. The van der Waals surface area contributed by atoms with Crippen LogP contribution in [0.2, 0.25) is 0 Å². The Kier molecular flexibility index (Phi) is 6.61.